The Bertz CT molecular complexity index is 1050. The molecule has 5 N–H and O–H groups in total. The van der Waals surface area contributed by atoms with Crippen molar-refractivity contribution in [2.24, 2.45) is 11.3 Å². The third-order valence-corrected chi connectivity index (χ3v) is 5.46. The summed E-state index contributed by atoms with van der Waals surface area (Å²) in [6.07, 6.45) is 3.42. The molecule has 0 amide bonds. The van der Waals surface area contributed by atoms with E-state index in [0.29, 0.717) is 22.7 Å². The van der Waals surface area contributed by atoms with Gasteiger partial charge < -0.3 is 16.4 Å². The largest absolute Gasteiger partial charge is 0.382 e. The quantitative estimate of drug-likeness (QED) is 0.608. The smallest absolute Gasteiger partial charge is 0.222 e. The molecule has 1 radical (unpaired) electrons. The summed E-state index contributed by atoms with van der Waals surface area (Å²) in [4.78, 5) is 11.1. The first-order chi connectivity index (χ1) is 13.6. The van der Waals surface area contributed by atoms with E-state index >= 15 is 0 Å². The van der Waals surface area contributed by atoms with Gasteiger partial charge in [-0.05, 0) is 36.3 Å². The number of aromatic amines is 1. The topological polar surface area (TPSA) is 110 Å². The second-order valence-electron chi connectivity index (χ2n) is 9.00. The summed E-state index contributed by atoms with van der Waals surface area (Å²) in [5.74, 6) is 1.11. The molecule has 8 heteroatoms. The van der Waals surface area contributed by atoms with Crippen LogP contribution in [0.3, 0.4) is 0 Å². The number of hydrogen-bond acceptors (Lipinski definition) is 6. The number of piperidine rings is 1. The lowest BCUT2D eigenvalue weighted by atomic mass is 9.78. The molecule has 153 valence electrons. The number of aromatic nitrogens is 4. The normalized spacial score (nSPS) is 20.4. The monoisotopic (exact) mass is 396 g/mol. The Kier molecular flexibility index (Phi) is 4.59. The van der Waals surface area contributed by atoms with Crippen molar-refractivity contribution in [1.29, 1.82) is 0 Å². The van der Waals surface area contributed by atoms with E-state index in [1.165, 1.54) is 6.07 Å². The Hall–Kier alpha value is -2.90. The van der Waals surface area contributed by atoms with Crippen molar-refractivity contribution in [3.05, 3.63) is 30.4 Å². The average Bonchev–Trinajstić information content (AvgIpc) is 3.01. The Morgan fingerprint density at radius 1 is 1.17 bits per heavy atom. The molecule has 1 fully saturated rings. The van der Waals surface area contributed by atoms with E-state index in [-0.39, 0.29) is 28.6 Å². The molecule has 1 saturated heterocycles. The molecule has 29 heavy (non-hydrogen) atoms. The molecule has 0 aliphatic carbocycles. The number of anilines is 3. The summed E-state index contributed by atoms with van der Waals surface area (Å²) < 4.78 is 14.6. The van der Waals surface area contributed by atoms with Crippen molar-refractivity contribution in [3.63, 3.8) is 0 Å². The van der Waals surface area contributed by atoms with Crippen LogP contribution in [0.1, 0.15) is 34.1 Å². The van der Waals surface area contributed by atoms with Gasteiger partial charge in [-0.3, -0.25) is 5.10 Å². The van der Waals surface area contributed by atoms with Crippen molar-refractivity contribution in [3.8, 4) is 11.3 Å². The van der Waals surface area contributed by atoms with Crippen LogP contribution in [0.25, 0.3) is 22.2 Å². The molecule has 1 aliphatic rings. The molecule has 4 rings (SSSR count). The predicted octanol–water partition coefficient (Wildman–Crippen LogP) is 3.79. The molecule has 3 aromatic rings. The summed E-state index contributed by atoms with van der Waals surface area (Å²) in [5, 5.41) is 6.93. The third kappa shape index (κ3) is 3.59. The second kappa shape index (κ2) is 6.86. The van der Waals surface area contributed by atoms with Gasteiger partial charge in [0.2, 0.25) is 5.95 Å². The van der Waals surface area contributed by atoms with Crippen LogP contribution in [0.4, 0.5) is 22.0 Å². The second-order valence-corrected chi connectivity index (χ2v) is 9.00. The lowest BCUT2D eigenvalue weighted by molar-refractivity contribution is 0.285. The van der Waals surface area contributed by atoms with Gasteiger partial charge in [-0.1, -0.05) is 27.7 Å². The Balaban J connectivity index is 1.80. The minimum Gasteiger partial charge on any atom is -0.382 e. The van der Waals surface area contributed by atoms with Gasteiger partial charge in [0.05, 0.1) is 16.6 Å². The van der Waals surface area contributed by atoms with Gasteiger partial charge in [-0.25, -0.2) is 9.37 Å². The maximum Gasteiger partial charge on any atom is 0.222 e. The van der Waals surface area contributed by atoms with Gasteiger partial charge in [0.15, 0.2) is 5.82 Å². The van der Waals surface area contributed by atoms with Gasteiger partial charge in [0, 0.05) is 24.2 Å². The first-order valence-corrected chi connectivity index (χ1v) is 9.81. The minimum absolute atomic E-state index is 0.0402. The van der Waals surface area contributed by atoms with E-state index in [1.54, 1.807) is 6.07 Å². The molecule has 1 aromatic carbocycles. The number of halogens is 1. The number of hydrogen-bond donors (Lipinski definition) is 3. The van der Waals surface area contributed by atoms with Crippen molar-refractivity contribution in [1.82, 2.24) is 20.2 Å². The van der Waals surface area contributed by atoms with Crippen LogP contribution >= 0.6 is 0 Å². The van der Waals surface area contributed by atoms with E-state index in [0.717, 1.165) is 18.8 Å². The Morgan fingerprint density at radius 3 is 2.66 bits per heavy atom. The lowest BCUT2D eigenvalue weighted by Gasteiger charge is -2.46. The van der Waals surface area contributed by atoms with Crippen LogP contribution in [0.15, 0.2) is 18.2 Å². The van der Waals surface area contributed by atoms with Gasteiger partial charge in [-0.15, -0.1) is 0 Å². The lowest BCUT2D eigenvalue weighted by Crippen LogP contribution is -2.50. The van der Waals surface area contributed by atoms with E-state index in [2.05, 4.69) is 59.2 Å². The van der Waals surface area contributed by atoms with Crippen LogP contribution in [0, 0.1) is 23.6 Å². The molecule has 1 unspecified atom stereocenters. The number of nitrogens with zero attached hydrogens (tertiary/aromatic N) is 4. The summed E-state index contributed by atoms with van der Waals surface area (Å²) >= 11 is 0. The molecule has 3 heterocycles. The minimum atomic E-state index is -0.449. The van der Waals surface area contributed by atoms with E-state index < -0.39 is 5.82 Å². The van der Waals surface area contributed by atoms with E-state index in [9.17, 15) is 4.39 Å². The fraction of sp³-hybridized carbons (Fsp3) is 0.429. The van der Waals surface area contributed by atoms with Gasteiger partial charge in [-0.2, -0.15) is 10.1 Å². The molecular weight excluding hydrogens is 369 g/mol. The van der Waals surface area contributed by atoms with Gasteiger partial charge in [0.1, 0.15) is 11.6 Å². The number of nitrogens with one attached hydrogen (secondary N) is 1. The maximum atomic E-state index is 14.6. The van der Waals surface area contributed by atoms with Crippen LogP contribution in [-0.2, 0) is 0 Å². The fourth-order valence-electron chi connectivity index (χ4n) is 4.10. The van der Waals surface area contributed by atoms with E-state index in [4.69, 9.17) is 11.5 Å². The zero-order valence-electron chi connectivity index (χ0n) is 17.2. The number of fused-ring (bicyclic) bond motifs is 1. The highest BCUT2D eigenvalue weighted by Gasteiger charge is 2.35. The summed E-state index contributed by atoms with van der Waals surface area (Å²) in [6.45, 7) is 9.75. The molecule has 2 aromatic heterocycles. The number of nitrogens with two attached hydrogens (primary N) is 2. The SMILES string of the molecule is C[C@@H]1C[CH]C(C(C)(C)C)N(c2cc(-c3cc(F)c4c(N)n[nH]c4c3)nc(N)n2)C1. The van der Waals surface area contributed by atoms with Crippen LogP contribution in [0.5, 0.6) is 0 Å². The molecule has 0 bridgehead atoms. The van der Waals surface area contributed by atoms with Crippen molar-refractivity contribution in [2.75, 3.05) is 22.9 Å². The highest BCUT2D eigenvalue weighted by molar-refractivity contribution is 5.92. The highest BCUT2D eigenvalue weighted by atomic mass is 19.1. The van der Waals surface area contributed by atoms with Crippen LogP contribution in [0.2, 0.25) is 0 Å². The highest BCUT2D eigenvalue weighted by Crippen LogP contribution is 2.37. The zero-order valence-corrected chi connectivity index (χ0v) is 17.2. The molecule has 0 spiro atoms. The Labute approximate surface area is 169 Å². The van der Waals surface area contributed by atoms with Gasteiger partial charge in [0.25, 0.3) is 0 Å². The first-order valence-electron chi connectivity index (χ1n) is 9.81. The standard InChI is InChI=1S/C21H27FN7/c1-11-5-6-16(21(2,3)4)29(10-11)17-9-14(25-20(24)26-17)12-7-13(22)18-15(8-12)27-28-19(18)23/h6-9,11,16H,5,10H2,1-4H3,(H3,23,27,28)(H2,24,25,26)/t11-,16?/m1/s1. The molecule has 7 nitrogen and oxygen atoms in total. The van der Waals surface area contributed by atoms with E-state index in [1.807, 2.05) is 6.07 Å². The first kappa shape index (κ1) is 19.4. The number of H-pyrrole nitrogens is 1. The molecule has 0 saturated carbocycles. The maximum absolute atomic E-state index is 14.6. The predicted molar refractivity (Wildman–Crippen MR) is 115 cm³/mol. The number of nitrogen functional groups attached to an aromatic ring is 2. The van der Waals surface area contributed by atoms with Crippen LogP contribution < -0.4 is 16.4 Å². The Morgan fingerprint density at radius 2 is 1.93 bits per heavy atom. The average molecular weight is 396 g/mol. The number of rotatable bonds is 2. The summed E-state index contributed by atoms with van der Waals surface area (Å²) in [7, 11) is 0. The number of benzene rings is 1. The zero-order chi connectivity index (χ0) is 20.9. The molecular formula is C21H27FN7. The fourth-order valence-corrected chi connectivity index (χ4v) is 4.10. The van der Waals surface area contributed by atoms with Crippen molar-refractivity contribution >= 4 is 28.5 Å². The van der Waals surface area contributed by atoms with Crippen molar-refractivity contribution in [2.45, 2.75) is 40.2 Å². The van der Waals surface area contributed by atoms with Gasteiger partial charge >= 0.3 is 0 Å². The molecule has 2 atom stereocenters. The third-order valence-electron chi connectivity index (χ3n) is 5.46. The van der Waals surface area contributed by atoms with Crippen LogP contribution in [-0.4, -0.2) is 32.8 Å². The van der Waals surface area contributed by atoms with Crippen molar-refractivity contribution < 1.29 is 4.39 Å². The molecule has 1 aliphatic heterocycles. The summed E-state index contributed by atoms with van der Waals surface area (Å²) in [6, 6.07) is 5.28. The summed E-state index contributed by atoms with van der Waals surface area (Å²) in [5.41, 5.74) is 13.5.